The summed E-state index contributed by atoms with van der Waals surface area (Å²) in [6.45, 7) is 5.57. The van der Waals surface area contributed by atoms with Crippen molar-refractivity contribution in [3.8, 4) is 0 Å². The zero-order chi connectivity index (χ0) is 15.9. The normalized spacial score (nSPS) is 21.5. The van der Waals surface area contributed by atoms with Crippen molar-refractivity contribution >= 4 is 11.8 Å². The first-order valence-electron chi connectivity index (χ1n) is 7.78. The number of morpholine rings is 1. The fourth-order valence-electron chi connectivity index (χ4n) is 2.69. The number of rotatable bonds is 5. The second-order valence-corrected chi connectivity index (χ2v) is 5.82. The van der Waals surface area contributed by atoms with Crippen molar-refractivity contribution in [1.82, 2.24) is 10.2 Å². The van der Waals surface area contributed by atoms with E-state index < -0.39 is 0 Å². The van der Waals surface area contributed by atoms with Gasteiger partial charge in [0, 0.05) is 26.1 Å². The van der Waals surface area contributed by atoms with Crippen LogP contribution in [0.25, 0.3) is 0 Å². The van der Waals surface area contributed by atoms with Crippen molar-refractivity contribution in [2.24, 2.45) is 0 Å². The summed E-state index contributed by atoms with van der Waals surface area (Å²) in [6, 6.07) is 9.58. The monoisotopic (exact) mass is 304 g/mol. The van der Waals surface area contributed by atoms with E-state index >= 15 is 0 Å². The molecule has 2 rings (SSSR count). The van der Waals surface area contributed by atoms with Gasteiger partial charge >= 0.3 is 0 Å². The summed E-state index contributed by atoms with van der Waals surface area (Å²) < 4.78 is 5.61. The number of amides is 2. The Hall–Kier alpha value is -1.88. The van der Waals surface area contributed by atoms with Crippen LogP contribution >= 0.6 is 0 Å². The molecule has 5 nitrogen and oxygen atoms in total. The Balaban J connectivity index is 1.69. The lowest BCUT2D eigenvalue weighted by atomic mass is 10.1. The van der Waals surface area contributed by atoms with E-state index in [9.17, 15) is 9.59 Å². The van der Waals surface area contributed by atoms with E-state index in [-0.39, 0.29) is 24.0 Å². The van der Waals surface area contributed by atoms with E-state index in [1.165, 1.54) is 0 Å². The van der Waals surface area contributed by atoms with E-state index in [1.807, 2.05) is 49.1 Å². The first-order valence-corrected chi connectivity index (χ1v) is 7.78. The highest BCUT2D eigenvalue weighted by atomic mass is 16.5. The third-order valence-corrected chi connectivity index (χ3v) is 3.64. The van der Waals surface area contributed by atoms with Gasteiger partial charge in [0.2, 0.25) is 11.8 Å². The highest BCUT2D eigenvalue weighted by molar-refractivity contribution is 5.80. The maximum atomic E-state index is 12.1. The van der Waals surface area contributed by atoms with Gasteiger partial charge in [0.05, 0.1) is 18.6 Å². The summed E-state index contributed by atoms with van der Waals surface area (Å²) >= 11 is 0. The highest BCUT2D eigenvalue weighted by Gasteiger charge is 2.25. The Morgan fingerprint density at radius 1 is 1.18 bits per heavy atom. The molecule has 0 saturated carbocycles. The molecule has 1 heterocycles. The minimum atomic E-state index is -0.0530. The van der Waals surface area contributed by atoms with Crippen LogP contribution in [0.4, 0.5) is 0 Å². The molecule has 120 valence electrons. The number of benzene rings is 1. The lowest BCUT2D eigenvalue weighted by molar-refractivity contribution is -0.143. The smallest absolute Gasteiger partial charge is 0.224 e. The fraction of sp³-hybridized carbons (Fsp3) is 0.529. The molecule has 5 heteroatoms. The molecule has 0 spiro atoms. The van der Waals surface area contributed by atoms with Crippen LogP contribution in [-0.4, -0.2) is 48.6 Å². The van der Waals surface area contributed by atoms with E-state index in [0.717, 1.165) is 5.56 Å². The van der Waals surface area contributed by atoms with Crippen LogP contribution in [0.2, 0.25) is 0 Å². The zero-order valence-corrected chi connectivity index (χ0v) is 13.2. The predicted octanol–water partition coefficient (Wildman–Crippen LogP) is 1.37. The van der Waals surface area contributed by atoms with Gasteiger partial charge < -0.3 is 15.0 Å². The molecule has 0 bridgehead atoms. The molecule has 0 aromatic heterocycles. The van der Waals surface area contributed by atoms with Gasteiger partial charge in [-0.1, -0.05) is 30.3 Å². The van der Waals surface area contributed by atoms with E-state index in [0.29, 0.717) is 32.5 Å². The predicted molar refractivity (Wildman–Crippen MR) is 84.4 cm³/mol. The molecule has 2 atom stereocenters. The Bertz CT molecular complexity index is 494. The average molecular weight is 304 g/mol. The first-order chi connectivity index (χ1) is 10.5. The lowest BCUT2D eigenvalue weighted by Gasteiger charge is -2.35. The molecule has 1 aromatic rings. The van der Waals surface area contributed by atoms with Gasteiger partial charge in [0.15, 0.2) is 0 Å². The molecule has 0 aliphatic carbocycles. The Morgan fingerprint density at radius 2 is 1.82 bits per heavy atom. The Kier molecular flexibility index (Phi) is 5.95. The number of hydrogen-bond acceptors (Lipinski definition) is 3. The van der Waals surface area contributed by atoms with Crippen molar-refractivity contribution < 1.29 is 14.3 Å². The number of carbonyl (C=O) groups is 2. The summed E-state index contributed by atoms with van der Waals surface area (Å²) in [5, 5.41) is 2.81. The SMILES string of the molecule is CC1CN(C(=O)CCNC(=O)Cc2ccccc2)CC(C)O1. The van der Waals surface area contributed by atoms with Crippen LogP contribution in [0.15, 0.2) is 30.3 Å². The quantitative estimate of drug-likeness (QED) is 0.894. The van der Waals surface area contributed by atoms with Gasteiger partial charge in [-0.25, -0.2) is 0 Å². The van der Waals surface area contributed by atoms with Crippen LogP contribution in [-0.2, 0) is 20.7 Å². The van der Waals surface area contributed by atoms with Gasteiger partial charge in [-0.15, -0.1) is 0 Å². The topological polar surface area (TPSA) is 58.6 Å². The third kappa shape index (κ3) is 5.15. The Morgan fingerprint density at radius 3 is 2.45 bits per heavy atom. The number of hydrogen-bond donors (Lipinski definition) is 1. The molecule has 0 radical (unpaired) electrons. The fourth-order valence-corrected chi connectivity index (χ4v) is 2.69. The van der Waals surface area contributed by atoms with E-state index in [1.54, 1.807) is 0 Å². The highest BCUT2D eigenvalue weighted by Crippen LogP contribution is 2.11. The Labute approximate surface area is 131 Å². The van der Waals surface area contributed by atoms with Gasteiger partial charge in [0.25, 0.3) is 0 Å². The molecule has 2 unspecified atom stereocenters. The minimum Gasteiger partial charge on any atom is -0.372 e. The molecule has 2 amide bonds. The molecule has 1 fully saturated rings. The zero-order valence-electron chi connectivity index (χ0n) is 13.2. The standard InChI is InChI=1S/C17H24N2O3/c1-13-11-19(12-14(2)22-13)17(21)8-9-18-16(20)10-15-6-4-3-5-7-15/h3-7,13-14H,8-12H2,1-2H3,(H,18,20). The number of nitrogens with one attached hydrogen (secondary N) is 1. The van der Waals surface area contributed by atoms with E-state index in [2.05, 4.69) is 5.32 Å². The number of carbonyl (C=O) groups excluding carboxylic acids is 2. The third-order valence-electron chi connectivity index (χ3n) is 3.64. The summed E-state index contributed by atoms with van der Waals surface area (Å²) in [7, 11) is 0. The molecule has 1 aliphatic heterocycles. The first kappa shape index (κ1) is 16.5. The van der Waals surface area contributed by atoms with Crippen LogP contribution in [0.5, 0.6) is 0 Å². The largest absolute Gasteiger partial charge is 0.372 e. The van der Waals surface area contributed by atoms with Crippen LogP contribution in [0.1, 0.15) is 25.8 Å². The summed E-state index contributed by atoms with van der Waals surface area (Å²) in [5.74, 6) is 0.0183. The second-order valence-electron chi connectivity index (χ2n) is 5.82. The minimum absolute atomic E-state index is 0.0530. The van der Waals surface area contributed by atoms with Gasteiger partial charge in [-0.2, -0.15) is 0 Å². The molecule has 22 heavy (non-hydrogen) atoms. The average Bonchev–Trinajstić information content (AvgIpc) is 2.47. The van der Waals surface area contributed by atoms with Gasteiger partial charge in [-0.3, -0.25) is 9.59 Å². The molecule has 1 saturated heterocycles. The van der Waals surface area contributed by atoms with Crippen molar-refractivity contribution in [3.63, 3.8) is 0 Å². The van der Waals surface area contributed by atoms with Crippen molar-refractivity contribution in [1.29, 1.82) is 0 Å². The maximum absolute atomic E-state index is 12.1. The molecule has 1 N–H and O–H groups in total. The van der Waals surface area contributed by atoms with Crippen molar-refractivity contribution in [2.45, 2.75) is 38.9 Å². The van der Waals surface area contributed by atoms with E-state index in [4.69, 9.17) is 4.74 Å². The van der Waals surface area contributed by atoms with Gasteiger partial charge in [0.1, 0.15) is 0 Å². The summed E-state index contributed by atoms with van der Waals surface area (Å²) in [6.07, 6.45) is 0.821. The van der Waals surface area contributed by atoms with Crippen LogP contribution in [0.3, 0.4) is 0 Å². The molecule has 1 aliphatic rings. The summed E-state index contributed by atoms with van der Waals surface area (Å²) in [4.78, 5) is 25.8. The molecular weight excluding hydrogens is 280 g/mol. The number of ether oxygens (including phenoxy) is 1. The lowest BCUT2D eigenvalue weighted by Crippen LogP contribution is -2.48. The summed E-state index contributed by atoms with van der Waals surface area (Å²) in [5.41, 5.74) is 0.974. The molecular formula is C17H24N2O3. The second kappa shape index (κ2) is 7.94. The van der Waals surface area contributed by atoms with Gasteiger partial charge in [-0.05, 0) is 19.4 Å². The van der Waals surface area contributed by atoms with Crippen molar-refractivity contribution in [3.05, 3.63) is 35.9 Å². The van der Waals surface area contributed by atoms with Crippen LogP contribution in [0, 0.1) is 0 Å². The van der Waals surface area contributed by atoms with Crippen LogP contribution < -0.4 is 5.32 Å². The van der Waals surface area contributed by atoms with Crippen molar-refractivity contribution in [2.75, 3.05) is 19.6 Å². The molecule has 1 aromatic carbocycles. The maximum Gasteiger partial charge on any atom is 0.224 e. The number of nitrogens with zero attached hydrogens (tertiary/aromatic N) is 1.